The summed E-state index contributed by atoms with van der Waals surface area (Å²) in [5.41, 5.74) is 6.13. The van der Waals surface area contributed by atoms with Crippen LogP contribution in [0.5, 0.6) is 0 Å². The van der Waals surface area contributed by atoms with Gasteiger partial charge in [0, 0.05) is 24.3 Å². The van der Waals surface area contributed by atoms with E-state index >= 15 is 0 Å². The first kappa shape index (κ1) is 12.4. The van der Waals surface area contributed by atoms with Crippen LogP contribution in [0.3, 0.4) is 0 Å². The number of carbonyl (C=O) groups excluding carboxylic acids is 1. The lowest BCUT2D eigenvalue weighted by Gasteiger charge is -2.23. The maximum atomic E-state index is 11.3. The molecule has 0 fully saturated rings. The fourth-order valence-electron chi connectivity index (χ4n) is 1.90. The second-order valence-corrected chi connectivity index (χ2v) is 4.85. The Kier molecular flexibility index (Phi) is 3.65. The van der Waals surface area contributed by atoms with Gasteiger partial charge in [0.1, 0.15) is 0 Å². The molecule has 1 rings (SSSR count). The number of carbonyl (C=O) groups is 1. The van der Waals surface area contributed by atoms with Crippen LogP contribution >= 0.6 is 12.6 Å². The van der Waals surface area contributed by atoms with E-state index in [4.69, 9.17) is 5.73 Å². The van der Waals surface area contributed by atoms with Crippen LogP contribution in [0.15, 0.2) is 5.10 Å². The summed E-state index contributed by atoms with van der Waals surface area (Å²) < 4.78 is 0. The van der Waals surface area contributed by atoms with E-state index < -0.39 is 0 Å². The van der Waals surface area contributed by atoms with Gasteiger partial charge in [-0.15, -0.1) is 0 Å². The van der Waals surface area contributed by atoms with Crippen LogP contribution in [-0.4, -0.2) is 35.5 Å². The average Bonchev–Trinajstić information content (AvgIpc) is 2.43. The second kappa shape index (κ2) is 4.43. The fourth-order valence-corrected chi connectivity index (χ4v) is 2.25. The first-order valence-electron chi connectivity index (χ1n) is 5.16. The van der Waals surface area contributed by atoms with Crippen molar-refractivity contribution in [2.45, 2.75) is 20.8 Å². The quantitative estimate of drug-likeness (QED) is 0.698. The molecule has 86 valence electrons. The number of amides is 1. The molecule has 0 aromatic carbocycles. The zero-order valence-electron chi connectivity index (χ0n) is 9.53. The molecule has 1 aliphatic rings. The van der Waals surface area contributed by atoms with E-state index in [2.05, 4.69) is 31.6 Å². The van der Waals surface area contributed by atoms with Gasteiger partial charge in [0.2, 0.25) is 5.91 Å². The largest absolute Gasteiger partial charge is 0.369 e. The predicted octanol–water partition coefficient (Wildman–Crippen LogP) is 0.735. The zero-order chi connectivity index (χ0) is 11.6. The molecule has 1 heterocycles. The highest BCUT2D eigenvalue weighted by Gasteiger charge is 2.39. The Morgan fingerprint density at radius 2 is 2.33 bits per heavy atom. The number of nitrogens with zero attached hydrogens (tertiary/aromatic N) is 2. The summed E-state index contributed by atoms with van der Waals surface area (Å²) in [5.74, 6) is -0.260. The molecular weight excluding hydrogens is 210 g/mol. The van der Waals surface area contributed by atoms with E-state index in [9.17, 15) is 4.79 Å². The lowest BCUT2D eigenvalue weighted by molar-refractivity contribution is -0.119. The molecule has 15 heavy (non-hydrogen) atoms. The summed E-state index contributed by atoms with van der Waals surface area (Å²) in [5, 5.41) is 6.42. The van der Waals surface area contributed by atoms with Crippen molar-refractivity contribution in [1.82, 2.24) is 5.01 Å². The highest BCUT2D eigenvalue weighted by Crippen LogP contribution is 2.30. The predicted molar refractivity (Wildman–Crippen MR) is 65.0 cm³/mol. The average molecular weight is 229 g/mol. The molecule has 0 spiro atoms. The van der Waals surface area contributed by atoms with Crippen LogP contribution in [0.1, 0.15) is 20.8 Å². The van der Waals surface area contributed by atoms with Crippen LogP contribution in [0.25, 0.3) is 0 Å². The van der Waals surface area contributed by atoms with Gasteiger partial charge in [-0.2, -0.15) is 17.7 Å². The number of primary amides is 1. The zero-order valence-corrected chi connectivity index (χ0v) is 10.4. The minimum absolute atomic E-state index is 0.0849. The molecular formula is C10H19N3OS. The van der Waals surface area contributed by atoms with Gasteiger partial charge in [0.25, 0.3) is 0 Å². The first-order valence-corrected chi connectivity index (χ1v) is 5.79. The third-order valence-electron chi connectivity index (χ3n) is 2.74. The lowest BCUT2D eigenvalue weighted by atomic mass is 9.81. The normalized spacial score (nSPS) is 21.3. The molecule has 1 atom stereocenters. The molecule has 0 aromatic rings. The molecule has 1 aliphatic heterocycles. The molecule has 4 nitrogen and oxygen atoms in total. The molecule has 0 aromatic heterocycles. The van der Waals surface area contributed by atoms with Crippen molar-refractivity contribution in [1.29, 1.82) is 0 Å². The molecule has 5 heteroatoms. The molecule has 0 bridgehead atoms. The van der Waals surface area contributed by atoms with Gasteiger partial charge in [0.05, 0.1) is 11.6 Å². The summed E-state index contributed by atoms with van der Waals surface area (Å²) in [6.45, 7) is 7.91. The number of hydrogen-bond donors (Lipinski definition) is 2. The summed E-state index contributed by atoms with van der Waals surface area (Å²) in [7, 11) is 0. The number of rotatable bonds is 4. The number of nitrogens with two attached hydrogens (primary N) is 1. The molecule has 0 saturated carbocycles. The third-order valence-corrected chi connectivity index (χ3v) is 3.11. The molecule has 0 aliphatic carbocycles. The van der Waals surface area contributed by atoms with Crippen LogP contribution in [0, 0.1) is 11.3 Å². The topological polar surface area (TPSA) is 58.7 Å². The summed E-state index contributed by atoms with van der Waals surface area (Å²) >= 11 is 4.17. The van der Waals surface area contributed by atoms with Crippen molar-refractivity contribution in [2.24, 2.45) is 22.2 Å². The molecule has 2 N–H and O–H groups in total. The van der Waals surface area contributed by atoms with E-state index in [1.54, 1.807) is 0 Å². The molecule has 1 unspecified atom stereocenters. The highest BCUT2D eigenvalue weighted by molar-refractivity contribution is 7.80. The monoisotopic (exact) mass is 229 g/mol. The van der Waals surface area contributed by atoms with Gasteiger partial charge < -0.3 is 5.73 Å². The van der Waals surface area contributed by atoms with Gasteiger partial charge in [-0.05, 0) is 6.92 Å². The first-order chi connectivity index (χ1) is 6.92. The number of hydrogen-bond acceptors (Lipinski definition) is 4. The van der Waals surface area contributed by atoms with Gasteiger partial charge in [-0.3, -0.25) is 9.80 Å². The van der Waals surface area contributed by atoms with Crippen molar-refractivity contribution in [3.05, 3.63) is 0 Å². The van der Waals surface area contributed by atoms with Crippen LogP contribution < -0.4 is 5.73 Å². The van der Waals surface area contributed by atoms with Crippen molar-refractivity contribution in [2.75, 3.05) is 18.8 Å². The van der Waals surface area contributed by atoms with E-state index in [-0.39, 0.29) is 17.2 Å². The minimum atomic E-state index is -0.347. The van der Waals surface area contributed by atoms with Crippen molar-refractivity contribution in [3.8, 4) is 0 Å². The Balaban J connectivity index is 2.95. The Morgan fingerprint density at radius 1 is 1.73 bits per heavy atom. The Bertz CT molecular complexity index is 288. The minimum Gasteiger partial charge on any atom is -0.369 e. The smallest absolute Gasteiger partial charge is 0.227 e. The second-order valence-electron chi connectivity index (χ2n) is 4.49. The van der Waals surface area contributed by atoms with Crippen molar-refractivity contribution in [3.63, 3.8) is 0 Å². The highest BCUT2D eigenvalue weighted by atomic mass is 32.1. The SMILES string of the molecule is CCN1CC(C)(C)C(C(CS)C(N)=O)=N1. The third kappa shape index (κ3) is 2.45. The maximum absolute atomic E-state index is 11.3. The Morgan fingerprint density at radius 3 is 2.67 bits per heavy atom. The molecule has 1 amide bonds. The summed E-state index contributed by atoms with van der Waals surface area (Å²) in [6, 6.07) is 0. The summed E-state index contributed by atoms with van der Waals surface area (Å²) in [6.07, 6.45) is 0. The van der Waals surface area contributed by atoms with Gasteiger partial charge in [-0.25, -0.2) is 0 Å². The van der Waals surface area contributed by atoms with E-state index in [1.807, 2.05) is 11.9 Å². The number of hydrazone groups is 1. The molecule has 0 saturated heterocycles. The van der Waals surface area contributed by atoms with E-state index in [0.717, 1.165) is 18.8 Å². The van der Waals surface area contributed by atoms with Crippen LogP contribution in [-0.2, 0) is 4.79 Å². The Labute approximate surface area is 96.3 Å². The standard InChI is InChI=1S/C10H19N3OS/c1-4-13-6-10(2,3)8(12-13)7(5-15)9(11)14/h7,15H,4-6H2,1-3H3,(H2,11,14). The molecule has 0 radical (unpaired) electrons. The van der Waals surface area contributed by atoms with Crippen molar-refractivity contribution >= 4 is 24.2 Å². The fraction of sp³-hybridized carbons (Fsp3) is 0.800. The van der Waals surface area contributed by atoms with Gasteiger partial charge in [0.15, 0.2) is 0 Å². The van der Waals surface area contributed by atoms with E-state index in [1.165, 1.54) is 0 Å². The summed E-state index contributed by atoms with van der Waals surface area (Å²) in [4.78, 5) is 11.3. The Hall–Kier alpha value is -0.710. The van der Waals surface area contributed by atoms with Crippen LogP contribution in [0.2, 0.25) is 0 Å². The lowest BCUT2D eigenvalue weighted by Crippen LogP contribution is -2.39. The van der Waals surface area contributed by atoms with Gasteiger partial charge >= 0.3 is 0 Å². The van der Waals surface area contributed by atoms with Crippen LogP contribution in [0.4, 0.5) is 0 Å². The van der Waals surface area contributed by atoms with Gasteiger partial charge in [-0.1, -0.05) is 13.8 Å². The maximum Gasteiger partial charge on any atom is 0.227 e. The van der Waals surface area contributed by atoms with Crippen molar-refractivity contribution < 1.29 is 4.79 Å². The van der Waals surface area contributed by atoms with E-state index in [0.29, 0.717) is 5.75 Å². The number of thiol groups is 1.